The Morgan fingerprint density at radius 2 is 1.94 bits per heavy atom. The fourth-order valence-corrected chi connectivity index (χ4v) is 4.38. The molecule has 0 aromatic carbocycles. The Morgan fingerprint density at radius 3 is 2.50 bits per heavy atom. The van der Waals surface area contributed by atoms with Gasteiger partial charge in [0.15, 0.2) is 5.01 Å². The van der Waals surface area contributed by atoms with E-state index >= 15 is 0 Å². The van der Waals surface area contributed by atoms with Crippen LogP contribution >= 0.6 is 11.3 Å². The van der Waals surface area contributed by atoms with Crippen LogP contribution in [0.25, 0.3) is 10.4 Å². The molecule has 2 heterocycles. The maximum atomic E-state index is 13.9. The maximum Gasteiger partial charge on any atom is 0.417 e. The quantitative estimate of drug-likeness (QED) is 0.491. The largest absolute Gasteiger partial charge is 0.417 e. The third-order valence-electron chi connectivity index (χ3n) is 4.90. The molecule has 5 N–H and O–H groups in total. The van der Waals surface area contributed by atoms with Crippen molar-refractivity contribution in [2.75, 3.05) is 11.9 Å². The van der Waals surface area contributed by atoms with Crippen molar-refractivity contribution < 1.29 is 27.9 Å². The van der Waals surface area contributed by atoms with E-state index in [2.05, 4.69) is 20.6 Å². The second-order valence-electron chi connectivity index (χ2n) is 8.29. The highest BCUT2D eigenvalue weighted by Crippen LogP contribution is 2.41. The van der Waals surface area contributed by atoms with Crippen LogP contribution in [0.2, 0.25) is 0 Å². The van der Waals surface area contributed by atoms with Gasteiger partial charge in [0.25, 0.3) is 11.8 Å². The van der Waals surface area contributed by atoms with E-state index in [-0.39, 0.29) is 33.9 Å². The summed E-state index contributed by atoms with van der Waals surface area (Å²) in [7, 11) is 0. The molecule has 0 atom stereocenters. The van der Waals surface area contributed by atoms with Crippen molar-refractivity contribution in [3.8, 4) is 10.4 Å². The number of nitrogens with zero attached hydrogens (tertiary/aromatic N) is 2. The second kappa shape index (κ2) is 9.02. The molecular formula is C20H24F3N5O3S. The van der Waals surface area contributed by atoms with Crippen LogP contribution in [-0.4, -0.2) is 45.1 Å². The minimum absolute atomic E-state index is 0.0603. The Labute approximate surface area is 186 Å². The SMILES string of the molecule is CC(C)(O)CNC(=O)c1nc(C(N)=O)c(-c2cnc(NC3CCCC3)cc2C(F)(F)F)s1. The van der Waals surface area contributed by atoms with Gasteiger partial charge in [-0.25, -0.2) is 9.97 Å². The maximum absolute atomic E-state index is 13.9. The zero-order valence-corrected chi connectivity index (χ0v) is 18.4. The molecule has 174 valence electrons. The van der Waals surface area contributed by atoms with Gasteiger partial charge < -0.3 is 21.5 Å². The summed E-state index contributed by atoms with van der Waals surface area (Å²) in [5, 5.41) is 14.9. The summed E-state index contributed by atoms with van der Waals surface area (Å²) in [5.74, 6) is -1.73. The number of anilines is 1. The number of aliphatic hydroxyl groups is 1. The Morgan fingerprint density at radius 1 is 1.28 bits per heavy atom. The second-order valence-corrected chi connectivity index (χ2v) is 9.29. The lowest BCUT2D eigenvalue weighted by molar-refractivity contribution is -0.137. The van der Waals surface area contributed by atoms with Crippen molar-refractivity contribution in [1.29, 1.82) is 0 Å². The smallest absolute Gasteiger partial charge is 0.389 e. The molecule has 32 heavy (non-hydrogen) atoms. The number of alkyl halides is 3. The average molecular weight is 472 g/mol. The van der Waals surface area contributed by atoms with Gasteiger partial charge in [-0.15, -0.1) is 11.3 Å². The van der Waals surface area contributed by atoms with E-state index in [4.69, 9.17) is 5.73 Å². The van der Waals surface area contributed by atoms with E-state index in [0.29, 0.717) is 11.3 Å². The van der Waals surface area contributed by atoms with E-state index in [0.717, 1.165) is 37.9 Å². The van der Waals surface area contributed by atoms with Crippen LogP contribution < -0.4 is 16.4 Å². The first-order valence-corrected chi connectivity index (χ1v) is 10.8. The van der Waals surface area contributed by atoms with Crippen molar-refractivity contribution in [1.82, 2.24) is 15.3 Å². The van der Waals surface area contributed by atoms with Crippen molar-refractivity contribution >= 4 is 29.0 Å². The summed E-state index contributed by atoms with van der Waals surface area (Å²) in [6, 6.07) is 0.955. The first kappa shape index (κ1) is 23.9. The fourth-order valence-electron chi connectivity index (χ4n) is 3.37. The predicted molar refractivity (Wildman–Crippen MR) is 113 cm³/mol. The van der Waals surface area contributed by atoms with Crippen molar-refractivity contribution in [3.05, 3.63) is 28.5 Å². The number of primary amides is 1. The summed E-state index contributed by atoms with van der Waals surface area (Å²) in [6.07, 6.45) is -0.0135. The minimum atomic E-state index is -4.74. The summed E-state index contributed by atoms with van der Waals surface area (Å²) in [4.78, 5) is 32.0. The average Bonchev–Trinajstić information content (AvgIpc) is 3.34. The Kier molecular flexibility index (Phi) is 6.75. The van der Waals surface area contributed by atoms with Crippen LogP contribution in [0, 0.1) is 0 Å². The van der Waals surface area contributed by atoms with Gasteiger partial charge in [0, 0.05) is 24.3 Å². The van der Waals surface area contributed by atoms with Crippen LogP contribution in [0.5, 0.6) is 0 Å². The van der Waals surface area contributed by atoms with Gasteiger partial charge in [0.2, 0.25) is 0 Å². The summed E-state index contributed by atoms with van der Waals surface area (Å²) >= 11 is 0.603. The molecule has 0 saturated heterocycles. The Bertz CT molecular complexity index is 1010. The topological polar surface area (TPSA) is 130 Å². The van der Waals surface area contributed by atoms with Crippen LogP contribution in [0.4, 0.5) is 19.0 Å². The number of thiazole rings is 1. The first-order valence-electron chi connectivity index (χ1n) is 10.0. The molecule has 0 bridgehead atoms. The van der Waals surface area contributed by atoms with Crippen molar-refractivity contribution in [2.24, 2.45) is 5.73 Å². The number of rotatable bonds is 7. The molecule has 0 spiro atoms. The van der Waals surface area contributed by atoms with Crippen LogP contribution in [0.1, 0.15) is 65.4 Å². The zero-order chi connectivity index (χ0) is 23.7. The first-order chi connectivity index (χ1) is 14.8. The molecule has 2 amide bonds. The molecule has 12 heteroatoms. The molecule has 3 rings (SSSR count). The molecule has 2 aromatic heterocycles. The molecule has 0 radical (unpaired) electrons. The molecular weight excluding hydrogens is 447 g/mol. The lowest BCUT2D eigenvalue weighted by Gasteiger charge is -2.17. The van der Waals surface area contributed by atoms with E-state index in [1.54, 1.807) is 0 Å². The van der Waals surface area contributed by atoms with Gasteiger partial charge in [-0.3, -0.25) is 9.59 Å². The van der Waals surface area contributed by atoms with E-state index in [1.165, 1.54) is 13.8 Å². The molecule has 1 fully saturated rings. The fraction of sp³-hybridized carbons (Fsp3) is 0.500. The van der Waals surface area contributed by atoms with Gasteiger partial charge in [-0.2, -0.15) is 13.2 Å². The van der Waals surface area contributed by atoms with Gasteiger partial charge in [0.1, 0.15) is 11.5 Å². The number of aromatic nitrogens is 2. The normalized spacial score (nSPS) is 15.1. The highest BCUT2D eigenvalue weighted by atomic mass is 32.1. The molecule has 1 aliphatic rings. The number of pyridine rings is 1. The molecule has 0 unspecified atom stereocenters. The lowest BCUT2D eigenvalue weighted by atomic mass is 10.1. The van der Waals surface area contributed by atoms with Gasteiger partial charge in [0.05, 0.1) is 16.0 Å². The lowest BCUT2D eigenvalue weighted by Crippen LogP contribution is -2.38. The van der Waals surface area contributed by atoms with E-state index in [1.807, 2.05) is 0 Å². The standard InChI is InChI=1S/C20H24F3N5O3S/c1-19(2,31)9-26-17(30)18-28-14(16(24)29)15(32-18)11-8-25-13(7-12(11)20(21,22)23)27-10-5-3-4-6-10/h7-8,10,31H,3-6,9H2,1-2H3,(H2,24,29)(H,25,27)(H,26,30). The van der Waals surface area contributed by atoms with Crippen LogP contribution in [0.3, 0.4) is 0 Å². The van der Waals surface area contributed by atoms with Crippen molar-refractivity contribution in [2.45, 2.75) is 57.3 Å². The predicted octanol–water partition coefficient (Wildman–Crippen LogP) is 3.18. The third kappa shape index (κ3) is 5.74. The summed E-state index contributed by atoms with van der Waals surface area (Å²) < 4.78 is 41.6. The van der Waals surface area contributed by atoms with Gasteiger partial charge in [-0.1, -0.05) is 12.8 Å². The molecule has 0 aliphatic heterocycles. The number of halogens is 3. The molecule has 2 aromatic rings. The number of hydrogen-bond acceptors (Lipinski definition) is 7. The van der Waals surface area contributed by atoms with Gasteiger partial charge in [-0.05, 0) is 32.8 Å². The number of nitrogens with two attached hydrogens (primary N) is 1. The van der Waals surface area contributed by atoms with Gasteiger partial charge >= 0.3 is 6.18 Å². The molecule has 8 nitrogen and oxygen atoms in total. The third-order valence-corrected chi connectivity index (χ3v) is 5.98. The number of nitrogens with one attached hydrogen (secondary N) is 2. The summed E-state index contributed by atoms with van der Waals surface area (Å²) in [5.41, 5.74) is 2.27. The molecule has 1 saturated carbocycles. The highest BCUT2D eigenvalue weighted by molar-refractivity contribution is 7.17. The van der Waals surface area contributed by atoms with E-state index < -0.39 is 34.8 Å². The number of carbonyl (C=O) groups is 2. The Balaban J connectivity index is 2.00. The van der Waals surface area contributed by atoms with Crippen molar-refractivity contribution in [3.63, 3.8) is 0 Å². The highest BCUT2D eigenvalue weighted by Gasteiger charge is 2.37. The number of carbonyl (C=O) groups excluding carboxylic acids is 2. The minimum Gasteiger partial charge on any atom is -0.389 e. The Hall–Kier alpha value is -2.73. The monoisotopic (exact) mass is 471 g/mol. The summed E-state index contributed by atoms with van der Waals surface area (Å²) in [6.45, 7) is 2.82. The van der Waals surface area contributed by atoms with Crippen LogP contribution in [-0.2, 0) is 6.18 Å². The van der Waals surface area contributed by atoms with Crippen LogP contribution in [0.15, 0.2) is 12.3 Å². The molecule has 1 aliphatic carbocycles. The zero-order valence-electron chi connectivity index (χ0n) is 17.5. The number of hydrogen-bond donors (Lipinski definition) is 4. The van der Waals surface area contributed by atoms with E-state index in [9.17, 15) is 27.9 Å². The number of amides is 2.